The Kier molecular flexibility index (Phi) is 3.89. The van der Waals surface area contributed by atoms with Crippen LogP contribution in [-0.2, 0) is 13.0 Å². The molecule has 1 aliphatic heterocycles. The molecule has 0 radical (unpaired) electrons. The van der Waals surface area contributed by atoms with Crippen LogP contribution in [0.3, 0.4) is 0 Å². The fourth-order valence-electron chi connectivity index (χ4n) is 2.95. The highest BCUT2D eigenvalue weighted by Gasteiger charge is 2.24. The van der Waals surface area contributed by atoms with Crippen LogP contribution in [0, 0.1) is 11.3 Å². The first-order valence-electron chi connectivity index (χ1n) is 7.55. The van der Waals surface area contributed by atoms with Gasteiger partial charge in [-0.05, 0) is 24.7 Å². The molecule has 0 saturated carbocycles. The molecular weight excluding hydrogens is 288 g/mol. The van der Waals surface area contributed by atoms with E-state index in [1.54, 1.807) is 6.20 Å². The molecular formula is C17H20N6. The van der Waals surface area contributed by atoms with Crippen molar-refractivity contribution in [1.29, 1.82) is 5.26 Å². The Hall–Kier alpha value is -2.65. The fraction of sp³-hybridized carbons (Fsp3) is 0.353. The summed E-state index contributed by atoms with van der Waals surface area (Å²) in [7, 11) is 5.97. The maximum Gasteiger partial charge on any atom is 0.142 e. The van der Waals surface area contributed by atoms with E-state index in [4.69, 9.17) is 5.73 Å². The van der Waals surface area contributed by atoms with Crippen molar-refractivity contribution >= 4 is 11.6 Å². The molecule has 3 heterocycles. The van der Waals surface area contributed by atoms with Crippen LogP contribution in [0.25, 0.3) is 11.1 Å². The molecule has 23 heavy (non-hydrogen) atoms. The van der Waals surface area contributed by atoms with Crippen LogP contribution in [0.15, 0.2) is 18.3 Å². The summed E-state index contributed by atoms with van der Waals surface area (Å²) >= 11 is 0. The summed E-state index contributed by atoms with van der Waals surface area (Å²) in [4.78, 5) is 13.1. The van der Waals surface area contributed by atoms with Crippen molar-refractivity contribution in [3.63, 3.8) is 0 Å². The molecule has 3 rings (SSSR count). The van der Waals surface area contributed by atoms with Gasteiger partial charge in [0.15, 0.2) is 0 Å². The topological polar surface area (TPSA) is 82.1 Å². The third-order valence-corrected chi connectivity index (χ3v) is 4.18. The molecule has 2 aromatic rings. The number of nitrogens with zero attached hydrogens (tertiary/aromatic N) is 5. The second kappa shape index (κ2) is 5.86. The first-order valence-corrected chi connectivity index (χ1v) is 7.55. The Morgan fingerprint density at radius 3 is 2.74 bits per heavy atom. The molecule has 0 fully saturated rings. The number of nitriles is 1. The Balaban J connectivity index is 2.20. The fourth-order valence-corrected chi connectivity index (χ4v) is 2.95. The van der Waals surface area contributed by atoms with Crippen LogP contribution in [0.4, 0.5) is 11.6 Å². The molecule has 118 valence electrons. The molecule has 6 heteroatoms. The normalized spacial score (nSPS) is 14.2. The lowest BCUT2D eigenvalue weighted by Crippen LogP contribution is -2.28. The number of anilines is 2. The summed E-state index contributed by atoms with van der Waals surface area (Å²) in [6.07, 6.45) is 2.65. The van der Waals surface area contributed by atoms with E-state index < -0.39 is 0 Å². The van der Waals surface area contributed by atoms with Crippen LogP contribution < -0.4 is 10.6 Å². The molecule has 2 N–H and O–H groups in total. The van der Waals surface area contributed by atoms with E-state index in [1.165, 1.54) is 0 Å². The minimum atomic E-state index is 0.308. The van der Waals surface area contributed by atoms with Gasteiger partial charge in [-0.2, -0.15) is 5.26 Å². The van der Waals surface area contributed by atoms with Gasteiger partial charge in [0.2, 0.25) is 0 Å². The molecule has 2 aromatic heterocycles. The predicted molar refractivity (Wildman–Crippen MR) is 91.0 cm³/mol. The average molecular weight is 308 g/mol. The number of rotatable bonds is 2. The lowest BCUT2D eigenvalue weighted by molar-refractivity contribution is 0.310. The van der Waals surface area contributed by atoms with Crippen LogP contribution >= 0.6 is 0 Å². The minimum absolute atomic E-state index is 0.308. The number of nitrogen functional groups attached to an aromatic ring is 1. The number of pyridine rings is 2. The molecule has 0 aliphatic carbocycles. The highest BCUT2D eigenvalue weighted by atomic mass is 15.1. The van der Waals surface area contributed by atoms with Crippen LogP contribution in [0.2, 0.25) is 0 Å². The van der Waals surface area contributed by atoms with Crippen LogP contribution in [0.5, 0.6) is 0 Å². The predicted octanol–water partition coefficient (Wildman–Crippen LogP) is 1.65. The maximum absolute atomic E-state index is 9.56. The molecule has 1 aliphatic rings. The zero-order valence-electron chi connectivity index (χ0n) is 13.7. The lowest BCUT2D eigenvalue weighted by atomic mass is 9.92. The van der Waals surface area contributed by atoms with Gasteiger partial charge in [-0.1, -0.05) is 0 Å². The average Bonchev–Trinajstić information content (AvgIpc) is 2.54. The summed E-state index contributed by atoms with van der Waals surface area (Å²) in [5.74, 6) is 1.18. The summed E-state index contributed by atoms with van der Waals surface area (Å²) in [5, 5.41) is 9.56. The van der Waals surface area contributed by atoms with Crippen molar-refractivity contribution in [2.45, 2.75) is 13.0 Å². The monoisotopic (exact) mass is 308 g/mol. The minimum Gasteiger partial charge on any atom is -0.383 e. The van der Waals surface area contributed by atoms with Gasteiger partial charge in [0, 0.05) is 56.6 Å². The van der Waals surface area contributed by atoms with Gasteiger partial charge >= 0.3 is 0 Å². The van der Waals surface area contributed by atoms with E-state index in [9.17, 15) is 5.26 Å². The Morgan fingerprint density at radius 1 is 1.35 bits per heavy atom. The van der Waals surface area contributed by atoms with Gasteiger partial charge in [0.1, 0.15) is 23.3 Å². The smallest absolute Gasteiger partial charge is 0.142 e. The highest BCUT2D eigenvalue weighted by molar-refractivity contribution is 5.79. The van der Waals surface area contributed by atoms with Crippen molar-refractivity contribution in [3.8, 4) is 17.2 Å². The van der Waals surface area contributed by atoms with Gasteiger partial charge in [-0.15, -0.1) is 0 Å². The van der Waals surface area contributed by atoms with Crippen molar-refractivity contribution in [2.75, 3.05) is 38.3 Å². The van der Waals surface area contributed by atoms with Gasteiger partial charge in [0.25, 0.3) is 0 Å². The van der Waals surface area contributed by atoms with Crippen molar-refractivity contribution in [3.05, 3.63) is 35.2 Å². The maximum atomic E-state index is 9.56. The van der Waals surface area contributed by atoms with Crippen molar-refractivity contribution in [2.24, 2.45) is 0 Å². The lowest BCUT2D eigenvalue weighted by Gasteiger charge is -2.27. The number of likely N-dealkylation sites (N-methyl/N-ethyl adjacent to an activating group) is 1. The molecule has 0 atom stereocenters. The SMILES string of the molecule is CN1CCc2nc(N)c(C#N)c(-c3ccc(N(C)C)nc3)c2C1. The second-order valence-corrected chi connectivity index (χ2v) is 6.07. The van der Waals surface area contributed by atoms with E-state index in [0.717, 1.165) is 47.7 Å². The van der Waals surface area contributed by atoms with E-state index >= 15 is 0 Å². The third kappa shape index (κ3) is 2.71. The number of aromatic nitrogens is 2. The van der Waals surface area contributed by atoms with Crippen molar-refractivity contribution in [1.82, 2.24) is 14.9 Å². The molecule has 6 nitrogen and oxygen atoms in total. The van der Waals surface area contributed by atoms with Gasteiger partial charge in [0.05, 0.1) is 0 Å². The number of hydrogen-bond donors (Lipinski definition) is 1. The zero-order chi connectivity index (χ0) is 16.6. The number of hydrogen-bond acceptors (Lipinski definition) is 6. The van der Waals surface area contributed by atoms with Crippen LogP contribution in [-0.4, -0.2) is 42.6 Å². The highest BCUT2D eigenvalue weighted by Crippen LogP contribution is 2.34. The van der Waals surface area contributed by atoms with E-state index in [2.05, 4.69) is 28.0 Å². The summed E-state index contributed by atoms with van der Waals surface area (Å²) < 4.78 is 0. The molecule has 0 unspecified atom stereocenters. The standard InChI is InChI=1S/C17H20N6/c1-22(2)15-5-4-11(9-20-15)16-12(8-18)17(19)21-14-6-7-23(3)10-13(14)16/h4-5,9H,6-7,10H2,1-3H3,(H2,19,21). The van der Waals surface area contributed by atoms with Gasteiger partial charge in [-0.25, -0.2) is 9.97 Å². The van der Waals surface area contributed by atoms with Crippen molar-refractivity contribution < 1.29 is 0 Å². The van der Waals surface area contributed by atoms with E-state index in [-0.39, 0.29) is 0 Å². The second-order valence-electron chi connectivity index (χ2n) is 6.07. The number of nitrogens with two attached hydrogens (primary N) is 1. The third-order valence-electron chi connectivity index (χ3n) is 4.18. The zero-order valence-corrected chi connectivity index (χ0v) is 13.7. The molecule has 0 amide bonds. The van der Waals surface area contributed by atoms with Gasteiger partial charge in [-0.3, -0.25) is 0 Å². The first kappa shape index (κ1) is 15.3. The Morgan fingerprint density at radius 2 is 2.13 bits per heavy atom. The summed E-state index contributed by atoms with van der Waals surface area (Å²) in [6.45, 7) is 1.71. The summed E-state index contributed by atoms with van der Waals surface area (Å²) in [6, 6.07) is 6.16. The molecule has 0 saturated heterocycles. The Labute approximate surface area is 136 Å². The summed E-state index contributed by atoms with van der Waals surface area (Å²) in [5.41, 5.74) is 10.3. The van der Waals surface area contributed by atoms with E-state index in [0.29, 0.717) is 11.4 Å². The van der Waals surface area contributed by atoms with Gasteiger partial charge < -0.3 is 15.5 Å². The number of fused-ring (bicyclic) bond motifs is 1. The molecule has 0 spiro atoms. The van der Waals surface area contributed by atoms with E-state index in [1.807, 2.05) is 31.1 Å². The molecule has 0 aromatic carbocycles. The first-order chi connectivity index (χ1) is 11.0. The Bertz CT molecular complexity index is 773. The quantitative estimate of drug-likeness (QED) is 0.908. The molecule has 0 bridgehead atoms. The van der Waals surface area contributed by atoms with Crippen LogP contribution in [0.1, 0.15) is 16.8 Å². The largest absolute Gasteiger partial charge is 0.383 e.